The summed E-state index contributed by atoms with van der Waals surface area (Å²) in [4.78, 5) is 18.9. The summed E-state index contributed by atoms with van der Waals surface area (Å²) >= 11 is 0. The van der Waals surface area contributed by atoms with Gasteiger partial charge < -0.3 is 13.9 Å². The first kappa shape index (κ1) is 16.7. The molecular weight excluding hydrogens is 308 g/mol. The van der Waals surface area contributed by atoms with Crippen molar-refractivity contribution in [3.05, 3.63) is 29.2 Å². The Bertz CT molecular complexity index is 694. The molecule has 2 atom stereocenters. The van der Waals surface area contributed by atoms with E-state index >= 15 is 0 Å². The predicted octanol–water partition coefficient (Wildman–Crippen LogP) is 3.15. The number of rotatable bonds is 5. The summed E-state index contributed by atoms with van der Waals surface area (Å²) in [7, 11) is 0. The van der Waals surface area contributed by atoms with Gasteiger partial charge in [-0.15, -0.1) is 0 Å². The van der Waals surface area contributed by atoms with E-state index in [4.69, 9.17) is 9.05 Å². The van der Waals surface area contributed by atoms with Crippen LogP contribution in [0.1, 0.15) is 79.8 Å². The lowest BCUT2D eigenvalue weighted by Gasteiger charge is -2.30. The van der Waals surface area contributed by atoms with Gasteiger partial charge in [-0.05, 0) is 19.3 Å². The molecule has 24 heavy (non-hydrogen) atoms. The molecule has 0 bridgehead atoms. The summed E-state index contributed by atoms with van der Waals surface area (Å²) in [5, 5.41) is 8.09. The SMILES string of the molecule is CCc1nc([C@H]2CCCN(C(=O)c3cc([C@H](C)CC)no3)C2)no1. The molecule has 7 nitrogen and oxygen atoms in total. The lowest BCUT2D eigenvalue weighted by molar-refractivity contribution is 0.0661. The van der Waals surface area contributed by atoms with Crippen molar-refractivity contribution in [1.82, 2.24) is 20.2 Å². The normalized spacial score (nSPS) is 19.5. The van der Waals surface area contributed by atoms with Gasteiger partial charge in [0.2, 0.25) is 11.7 Å². The number of hydrogen-bond acceptors (Lipinski definition) is 6. The fourth-order valence-electron chi connectivity index (χ4n) is 2.94. The summed E-state index contributed by atoms with van der Waals surface area (Å²) in [6.07, 6.45) is 3.56. The topological polar surface area (TPSA) is 85.3 Å². The van der Waals surface area contributed by atoms with Crippen LogP contribution in [0.25, 0.3) is 0 Å². The van der Waals surface area contributed by atoms with Crippen LogP contribution in [-0.4, -0.2) is 39.2 Å². The van der Waals surface area contributed by atoms with Crippen molar-refractivity contribution in [2.24, 2.45) is 0 Å². The lowest BCUT2D eigenvalue weighted by atomic mass is 9.97. The van der Waals surface area contributed by atoms with Crippen molar-refractivity contribution >= 4 is 5.91 Å². The molecule has 130 valence electrons. The van der Waals surface area contributed by atoms with Crippen LogP contribution in [0.15, 0.2) is 15.1 Å². The molecule has 0 aliphatic carbocycles. The highest BCUT2D eigenvalue weighted by atomic mass is 16.5. The highest BCUT2D eigenvalue weighted by molar-refractivity contribution is 5.91. The zero-order valence-corrected chi connectivity index (χ0v) is 14.5. The van der Waals surface area contributed by atoms with Crippen molar-refractivity contribution in [1.29, 1.82) is 0 Å². The van der Waals surface area contributed by atoms with Gasteiger partial charge in [0.15, 0.2) is 5.82 Å². The van der Waals surface area contributed by atoms with Gasteiger partial charge in [0.05, 0.1) is 5.69 Å². The molecule has 1 aliphatic heterocycles. The van der Waals surface area contributed by atoms with E-state index in [1.54, 1.807) is 11.0 Å². The first-order valence-electron chi connectivity index (χ1n) is 8.70. The van der Waals surface area contributed by atoms with Crippen LogP contribution < -0.4 is 0 Å². The van der Waals surface area contributed by atoms with Crippen LogP contribution >= 0.6 is 0 Å². The Labute approximate surface area is 141 Å². The van der Waals surface area contributed by atoms with Gasteiger partial charge in [-0.3, -0.25) is 4.79 Å². The molecule has 7 heteroatoms. The number of aryl methyl sites for hydroxylation is 1. The maximum atomic E-state index is 12.7. The van der Waals surface area contributed by atoms with E-state index in [0.717, 1.165) is 31.4 Å². The quantitative estimate of drug-likeness (QED) is 0.836. The van der Waals surface area contributed by atoms with E-state index in [1.165, 1.54) is 0 Å². The third-order valence-corrected chi connectivity index (χ3v) is 4.72. The third-order valence-electron chi connectivity index (χ3n) is 4.72. The van der Waals surface area contributed by atoms with Crippen LogP contribution in [0, 0.1) is 0 Å². The zero-order chi connectivity index (χ0) is 17.1. The molecule has 2 aromatic rings. The number of carbonyl (C=O) groups is 1. The first-order valence-corrected chi connectivity index (χ1v) is 8.70. The molecule has 0 spiro atoms. The lowest BCUT2D eigenvalue weighted by Crippen LogP contribution is -2.39. The molecule has 1 amide bonds. The van der Waals surface area contributed by atoms with Crippen molar-refractivity contribution in [2.45, 2.75) is 58.3 Å². The maximum Gasteiger partial charge on any atom is 0.292 e. The van der Waals surface area contributed by atoms with E-state index in [-0.39, 0.29) is 17.7 Å². The molecule has 1 fully saturated rings. The number of hydrogen-bond donors (Lipinski definition) is 0. The first-order chi connectivity index (χ1) is 11.6. The van der Waals surface area contributed by atoms with Gasteiger partial charge in [-0.1, -0.05) is 31.1 Å². The fourth-order valence-corrected chi connectivity index (χ4v) is 2.94. The number of carbonyl (C=O) groups excluding carboxylic acids is 1. The minimum atomic E-state index is -0.110. The molecule has 0 saturated carbocycles. The molecule has 1 saturated heterocycles. The molecule has 3 rings (SSSR count). The van der Waals surface area contributed by atoms with Crippen molar-refractivity contribution in [2.75, 3.05) is 13.1 Å². The maximum absolute atomic E-state index is 12.7. The highest BCUT2D eigenvalue weighted by Crippen LogP contribution is 2.27. The Morgan fingerprint density at radius 2 is 2.21 bits per heavy atom. The minimum Gasteiger partial charge on any atom is -0.351 e. The predicted molar refractivity (Wildman–Crippen MR) is 86.8 cm³/mol. The van der Waals surface area contributed by atoms with E-state index in [9.17, 15) is 4.79 Å². The summed E-state index contributed by atoms with van der Waals surface area (Å²) < 4.78 is 10.5. The Balaban J connectivity index is 1.69. The van der Waals surface area contributed by atoms with Crippen LogP contribution in [0.4, 0.5) is 0 Å². The summed E-state index contributed by atoms with van der Waals surface area (Å²) in [6, 6.07) is 1.77. The largest absolute Gasteiger partial charge is 0.351 e. The van der Waals surface area contributed by atoms with Crippen molar-refractivity contribution < 1.29 is 13.8 Å². The Kier molecular flexibility index (Phi) is 4.97. The minimum absolute atomic E-state index is 0.110. The molecule has 0 N–H and O–H groups in total. The zero-order valence-electron chi connectivity index (χ0n) is 14.5. The standard InChI is InChI=1S/C17H24N4O3/c1-4-11(3)13-9-14(23-19-13)17(22)21-8-6-7-12(10-21)16-18-15(5-2)24-20-16/h9,11-12H,4-8,10H2,1-3H3/t11-,12+/m1/s1. The van der Waals surface area contributed by atoms with Crippen molar-refractivity contribution in [3.8, 4) is 0 Å². The Morgan fingerprint density at radius 1 is 1.38 bits per heavy atom. The number of piperidine rings is 1. The molecular formula is C17H24N4O3. The molecule has 3 heterocycles. The average molecular weight is 332 g/mol. The van der Waals surface area contributed by atoms with E-state index in [1.807, 2.05) is 6.92 Å². The smallest absolute Gasteiger partial charge is 0.292 e. The van der Waals surface area contributed by atoms with Gasteiger partial charge in [0, 0.05) is 37.4 Å². The average Bonchev–Trinajstić information content (AvgIpc) is 3.30. The second-order valence-electron chi connectivity index (χ2n) is 6.42. The van der Waals surface area contributed by atoms with Gasteiger partial charge >= 0.3 is 0 Å². The van der Waals surface area contributed by atoms with Gasteiger partial charge in [0.25, 0.3) is 5.91 Å². The second-order valence-corrected chi connectivity index (χ2v) is 6.42. The van der Waals surface area contributed by atoms with Crippen LogP contribution in [0.5, 0.6) is 0 Å². The highest BCUT2D eigenvalue weighted by Gasteiger charge is 2.30. The van der Waals surface area contributed by atoms with Crippen LogP contribution in [0.3, 0.4) is 0 Å². The van der Waals surface area contributed by atoms with Gasteiger partial charge in [-0.25, -0.2) is 0 Å². The molecule has 0 radical (unpaired) electrons. The number of likely N-dealkylation sites (tertiary alicyclic amines) is 1. The van der Waals surface area contributed by atoms with Crippen LogP contribution in [0.2, 0.25) is 0 Å². The molecule has 0 unspecified atom stereocenters. The van der Waals surface area contributed by atoms with Gasteiger partial charge in [-0.2, -0.15) is 4.98 Å². The summed E-state index contributed by atoms with van der Waals surface area (Å²) in [5.41, 5.74) is 0.833. The Morgan fingerprint density at radius 3 is 2.92 bits per heavy atom. The summed E-state index contributed by atoms with van der Waals surface area (Å²) in [6.45, 7) is 7.44. The molecule has 1 aliphatic rings. The molecule has 2 aromatic heterocycles. The monoisotopic (exact) mass is 332 g/mol. The number of amides is 1. The van der Waals surface area contributed by atoms with E-state index in [0.29, 0.717) is 30.6 Å². The Hall–Kier alpha value is -2.18. The number of nitrogens with zero attached hydrogens (tertiary/aromatic N) is 4. The van der Waals surface area contributed by atoms with E-state index < -0.39 is 0 Å². The third kappa shape index (κ3) is 3.34. The molecule has 0 aromatic carbocycles. The van der Waals surface area contributed by atoms with E-state index in [2.05, 4.69) is 29.1 Å². The van der Waals surface area contributed by atoms with Gasteiger partial charge in [0.1, 0.15) is 0 Å². The second kappa shape index (κ2) is 7.15. The van der Waals surface area contributed by atoms with Crippen molar-refractivity contribution in [3.63, 3.8) is 0 Å². The van der Waals surface area contributed by atoms with Crippen LogP contribution in [-0.2, 0) is 6.42 Å². The summed E-state index contributed by atoms with van der Waals surface area (Å²) in [5.74, 6) is 1.94. The fraction of sp³-hybridized carbons (Fsp3) is 0.647. The number of aromatic nitrogens is 3.